The highest BCUT2D eigenvalue weighted by atomic mass is 16.2. The number of benzene rings is 1. The molecule has 0 bridgehead atoms. The van der Waals surface area contributed by atoms with Gasteiger partial charge in [0, 0.05) is 33.2 Å². The lowest BCUT2D eigenvalue weighted by molar-refractivity contribution is -0.126. The van der Waals surface area contributed by atoms with Crippen LogP contribution in [0.25, 0.3) is 0 Å². The molecule has 0 spiro atoms. The zero-order valence-electron chi connectivity index (χ0n) is 12.1. The van der Waals surface area contributed by atoms with Crippen molar-refractivity contribution in [2.45, 2.75) is 31.3 Å². The molecule has 1 aromatic carbocycles. The molecular weight excluding hydrogens is 250 g/mol. The van der Waals surface area contributed by atoms with Gasteiger partial charge in [-0.2, -0.15) is 0 Å². The number of nitrogens with zero attached hydrogens (tertiary/aromatic N) is 1. The molecule has 1 saturated heterocycles. The van der Waals surface area contributed by atoms with Crippen LogP contribution in [0.3, 0.4) is 0 Å². The summed E-state index contributed by atoms with van der Waals surface area (Å²) in [6.45, 7) is 3.48. The van der Waals surface area contributed by atoms with Crippen molar-refractivity contribution in [3.63, 3.8) is 0 Å². The van der Waals surface area contributed by atoms with Crippen molar-refractivity contribution >= 4 is 5.91 Å². The summed E-state index contributed by atoms with van der Waals surface area (Å²) < 4.78 is 0. The molecule has 1 amide bonds. The average Bonchev–Trinajstić information content (AvgIpc) is 3.32. The average molecular weight is 273 g/mol. The van der Waals surface area contributed by atoms with Crippen LogP contribution in [0, 0.1) is 0 Å². The first-order valence-electron chi connectivity index (χ1n) is 7.53. The van der Waals surface area contributed by atoms with Crippen LogP contribution in [0.5, 0.6) is 0 Å². The topological polar surface area (TPSA) is 44.4 Å². The highest BCUT2D eigenvalue weighted by molar-refractivity contribution is 5.81. The van der Waals surface area contributed by atoms with E-state index in [1.165, 1.54) is 24.0 Å². The molecule has 0 aromatic heterocycles. The Morgan fingerprint density at radius 2 is 2.30 bits per heavy atom. The molecule has 1 aromatic rings. The number of carbonyl (C=O) groups is 1. The Labute approximate surface area is 120 Å². The molecule has 1 heterocycles. The van der Waals surface area contributed by atoms with Crippen molar-refractivity contribution in [3.05, 3.63) is 35.4 Å². The molecule has 2 N–H and O–H groups in total. The maximum absolute atomic E-state index is 12.0. The normalized spacial score (nSPS) is 23.6. The van der Waals surface area contributed by atoms with Crippen LogP contribution in [0.1, 0.15) is 29.9 Å². The van der Waals surface area contributed by atoms with Crippen LogP contribution in [0.4, 0.5) is 0 Å². The SMILES string of the molecule is CNC(=O)C1CNCCN1Cc1cccc(C2CC2)c1. The number of rotatable bonds is 4. The van der Waals surface area contributed by atoms with Gasteiger partial charge in [-0.1, -0.05) is 24.3 Å². The van der Waals surface area contributed by atoms with Crippen molar-refractivity contribution in [2.24, 2.45) is 0 Å². The van der Waals surface area contributed by atoms with Crippen LogP contribution in [-0.2, 0) is 11.3 Å². The van der Waals surface area contributed by atoms with Crippen LogP contribution in [-0.4, -0.2) is 43.5 Å². The largest absolute Gasteiger partial charge is 0.358 e. The van der Waals surface area contributed by atoms with Gasteiger partial charge in [0.05, 0.1) is 0 Å². The Morgan fingerprint density at radius 3 is 3.05 bits per heavy atom. The Bertz CT molecular complexity index is 484. The molecule has 0 radical (unpaired) electrons. The van der Waals surface area contributed by atoms with Gasteiger partial charge in [0.15, 0.2) is 0 Å². The Kier molecular flexibility index (Phi) is 4.03. The van der Waals surface area contributed by atoms with Gasteiger partial charge in [-0.3, -0.25) is 9.69 Å². The lowest BCUT2D eigenvalue weighted by atomic mass is 10.1. The van der Waals surface area contributed by atoms with Crippen molar-refractivity contribution < 1.29 is 4.79 Å². The summed E-state index contributed by atoms with van der Waals surface area (Å²) in [6, 6.07) is 8.82. The van der Waals surface area contributed by atoms with E-state index >= 15 is 0 Å². The summed E-state index contributed by atoms with van der Waals surface area (Å²) in [5, 5.41) is 6.07. The quantitative estimate of drug-likeness (QED) is 0.863. The first-order valence-corrected chi connectivity index (χ1v) is 7.53. The Morgan fingerprint density at radius 1 is 1.45 bits per heavy atom. The summed E-state index contributed by atoms with van der Waals surface area (Å²) in [6.07, 6.45) is 2.66. The summed E-state index contributed by atoms with van der Waals surface area (Å²) >= 11 is 0. The predicted octanol–water partition coefficient (Wildman–Crippen LogP) is 1.08. The zero-order chi connectivity index (χ0) is 13.9. The van der Waals surface area contributed by atoms with Gasteiger partial charge in [-0.05, 0) is 29.9 Å². The predicted molar refractivity (Wildman–Crippen MR) is 79.6 cm³/mol. The second kappa shape index (κ2) is 5.94. The molecule has 1 unspecified atom stereocenters. The second-order valence-electron chi connectivity index (χ2n) is 5.82. The maximum atomic E-state index is 12.0. The monoisotopic (exact) mass is 273 g/mol. The van der Waals surface area contributed by atoms with Crippen LogP contribution in [0.15, 0.2) is 24.3 Å². The van der Waals surface area contributed by atoms with Crippen molar-refractivity contribution in [1.82, 2.24) is 15.5 Å². The van der Waals surface area contributed by atoms with E-state index in [1.807, 2.05) is 0 Å². The number of likely N-dealkylation sites (N-methyl/N-ethyl adjacent to an activating group) is 1. The van der Waals surface area contributed by atoms with E-state index in [4.69, 9.17) is 0 Å². The second-order valence-corrected chi connectivity index (χ2v) is 5.82. The molecule has 4 nitrogen and oxygen atoms in total. The van der Waals surface area contributed by atoms with Crippen molar-refractivity contribution in [1.29, 1.82) is 0 Å². The highest BCUT2D eigenvalue weighted by Gasteiger charge is 2.28. The van der Waals surface area contributed by atoms with Gasteiger partial charge in [0.2, 0.25) is 5.91 Å². The van der Waals surface area contributed by atoms with Gasteiger partial charge in [-0.25, -0.2) is 0 Å². The van der Waals surface area contributed by atoms with E-state index < -0.39 is 0 Å². The van der Waals surface area contributed by atoms with E-state index in [9.17, 15) is 4.79 Å². The minimum Gasteiger partial charge on any atom is -0.358 e. The van der Waals surface area contributed by atoms with Gasteiger partial charge in [0.25, 0.3) is 0 Å². The van der Waals surface area contributed by atoms with Gasteiger partial charge in [-0.15, -0.1) is 0 Å². The van der Waals surface area contributed by atoms with Crippen molar-refractivity contribution in [2.75, 3.05) is 26.7 Å². The van der Waals surface area contributed by atoms with E-state index in [0.717, 1.165) is 32.1 Å². The Hall–Kier alpha value is -1.39. The van der Waals surface area contributed by atoms with Crippen molar-refractivity contribution in [3.8, 4) is 0 Å². The first-order chi connectivity index (χ1) is 9.78. The van der Waals surface area contributed by atoms with E-state index in [1.54, 1.807) is 7.05 Å². The highest BCUT2D eigenvalue weighted by Crippen LogP contribution is 2.40. The fourth-order valence-corrected chi connectivity index (χ4v) is 2.96. The smallest absolute Gasteiger partial charge is 0.238 e. The molecule has 3 rings (SSSR count). The first kappa shape index (κ1) is 13.6. The summed E-state index contributed by atoms with van der Waals surface area (Å²) in [5.74, 6) is 0.892. The standard InChI is InChI=1S/C16H23N3O/c1-17-16(20)15-10-18-7-8-19(15)11-12-3-2-4-14(9-12)13-5-6-13/h2-4,9,13,15,18H,5-8,10-11H2,1H3,(H,17,20). The fourth-order valence-electron chi connectivity index (χ4n) is 2.96. The molecular formula is C16H23N3O. The molecule has 20 heavy (non-hydrogen) atoms. The summed E-state index contributed by atoms with van der Waals surface area (Å²) in [7, 11) is 1.71. The van der Waals surface area contributed by atoms with Crippen LogP contribution >= 0.6 is 0 Å². The number of amides is 1. The third-order valence-corrected chi connectivity index (χ3v) is 4.29. The minimum atomic E-state index is -0.0571. The number of hydrogen-bond acceptors (Lipinski definition) is 3. The Balaban J connectivity index is 1.71. The van der Waals surface area contributed by atoms with E-state index in [2.05, 4.69) is 39.8 Å². The lowest BCUT2D eigenvalue weighted by Gasteiger charge is -2.34. The molecule has 2 aliphatic rings. The lowest BCUT2D eigenvalue weighted by Crippen LogP contribution is -2.56. The van der Waals surface area contributed by atoms with Crippen LogP contribution in [0.2, 0.25) is 0 Å². The number of piperazine rings is 1. The minimum absolute atomic E-state index is 0.0571. The summed E-state index contributed by atoms with van der Waals surface area (Å²) in [4.78, 5) is 14.2. The van der Waals surface area contributed by atoms with Gasteiger partial charge in [0.1, 0.15) is 6.04 Å². The van der Waals surface area contributed by atoms with Gasteiger partial charge < -0.3 is 10.6 Å². The molecule has 2 fully saturated rings. The van der Waals surface area contributed by atoms with E-state index in [0.29, 0.717) is 0 Å². The van der Waals surface area contributed by atoms with Gasteiger partial charge >= 0.3 is 0 Å². The molecule has 1 atom stereocenters. The number of hydrogen-bond donors (Lipinski definition) is 2. The molecule has 4 heteroatoms. The third kappa shape index (κ3) is 3.02. The summed E-state index contributed by atoms with van der Waals surface area (Å²) in [5.41, 5.74) is 2.79. The maximum Gasteiger partial charge on any atom is 0.238 e. The van der Waals surface area contributed by atoms with Crippen LogP contribution < -0.4 is 10.6 Å². The van der Waals surface area contributed by atoms with E-state index in [-0.39, 0.29) is 11.9 Å². The molecule has 1 aliphatic carbocycles. The molecule has 108 valence electrons. The molecule has 1 saturated carbocycles. The number of nitrogens with one attached hydrogen (secondary N) is 2. The zero-order valence-corrected chi connectivity index (χ0v) is 12.1. The number of carbonyl (C=O) groups excluding carboxylic acids is 1. The fraction of sp³-hybridized carbons (Fsp3) is 0.562. The molecule has 1 aliphatic heterocycles. The third-order valence-electron chi connectivity index (χ3n) is 4.29.